The molecule has 5 rings (SSSR count). The van der Waals surface area contributed by atoms with E-state index in [0.29, 0.717) is 18.2 Å². The lowest BCUT2D eigenvalue weighted by atomic mass is 9.80. The summed E-state index contributed by atoms with van der Waals surface area (Å²) in [6.07, 6.45) is 7.14. The van der Waals surface area contributed by atoms with Gasteiger partial charge in [-0.25, -0.2) is 9.99 Å². The van der Waals surface area contributed by atoms with Crippen molar-refractivity contribution in [2.45, 2.75) is 49.5 Å². The van der Waals surface area contributed by atoms with Crippen LogP contribution in [0.3, 0.4) is 0 Å². The van der Waals surface area contributed by atoms with E-state index in [9.17, 15) is 8.76 Å². The molecule has 1 atom stereocenters. The zero-order valence-corrected chi connectivity index (χ0v) is 18.9. The summed E-state index contributed by atoms with van der Waals surface area (Å²) in [5.41, 5.74) is 1.20. The summed E-state index contributed by atoms with van der Waals surface area (Å²) in [4.78, 5) is 9.59. The van der Waals surface area contributed by atoms with E-state index in [1.807, 2.05) is 11.2 Å². The Balaban J connectivity index is 1.60. The molecule has 0 radical (unpaired) electrons. The van der Waals surface area contributed by atoms with Crippen LogP contribution in [-0.4, -0.2) is 42.8 Å². The fourth-order valence-corrected chi connectivity index (χ4v) is 5.17. The van der Waals surface area contributed by atoms with Crippen LogP contribution in [0.1, 0.15) is 39.0 Å². The van der Waals surface area contributed by atoms with E-state index < -0.39 is 11.1 Å². The number of fused-ring (bicyclic) bond motifs is 4. The van der Waals surface area contributed by atoms with Crippen LogP contribution >= 0.6 is 0 Å². The van der Waals surface area contributed by atoms with Gasteiger partial charge in [0.1, 0.15) is 17.0 Å². The first-order chi connectivity index (χ1) is 15.6. The SMILES string of the molecule is CCN1N=C(OC)C2(CCCCC2)n2c1cc1cnc(Nc3ccc(S(=O)[O-])cc3)nc12. The van der Waals surface area contributed by atoms with Crippen molar-refractivity contribution in [2.75, 3.05) is 24.0 Å². The number of hydrogen-bond donors (Lipinski definition) is 1. The molecule has 1 aromatic carbocycles. The maximum atomic E-state index is 11.1. The number of aromatic nitrogens is 3. The number of hydrogen-bond acceptors (Lipinski definition) is 8. The monoisotopic (exact) mass is 453 g/mol. The Labute approximate surface area is 188 Å². The van der Waals surface area contributed by atoms with Gasteiger partial charge in [-0.15, -0.1) is 5.10 Å². The van der Waals surface area contributed by atoms with Gasteiger partial charge < -0.3 is 14.6 Å². The zero-order chi connectivity index (χ0) is 22.3. The van der Waals surface area contributed by atoms with E-state index in [1.54, 1.807) is 31.4 Å². The number of methoxy groups -OCH3 is 1. The van der Waals surface area contributed by atoms with Gasteiger partial charge >= 0.3 is 0 Å². The Morgan fingerprint density at radius 1 is 1.22 bits per heavy atom. The topological polar surface area (TPSA) is 108 Å². The van der Waals surface area contributed by atoms with E-state index in [2.05, 4.69) is 27.9 Å². The van der Waals surface area contributed by atoms with Gasteiger partial charge in [-0.05, 0) is 61.2 Å². The molecule has 1 spiro atoms. The second kappa shape index (κ2) is 8.18. The summed E-state index contributed by atoms with van der Waals surface area (Å²) < 4.78 is 30.3. The normalized spacial score (nSPS) is 18.3. The number of nitrogens with zero attached hydrogens (tertiary/aromatic N) is 5. The quantitative estimate of drug-likeness (QED) is 0.597. The number of ether oxygens (including phenoxy) is 1. The first kappa shape index (κ1) is 20.9. The summed E-state index contributed by atoms with van der Waals surface area (Å²) in [5, 5.41) is 10.9. The number of benzene rings is 1. The highest BCUT2D eigenvalue weighted by Gasteiger charge is 2.46. The average Bonchev–Trinajstić information content (AvgIpc) is 3.20. The summed E-state index contributed by atoms with van der Waals surface area (Å²) in [7, 11) is 1.69. The van der Waals surface area contributed by atoms with Crippen LogP contribution in [0.15, 0.2) is 46.5 Å². The summed E-state index contributed by atoms with van der Waals surface area (Å²) in [5.74, 6) is 2.18. The zero-order valence-electron chi connectivity index (χ0n) is 18.1. The van der Waals surface area contributed by atoms with Crippen molar-refractivity contribution in [1.29, 1.82) is 0 Å². The van der Waals surface area contributed by atoms with Crippen molar-refractivity contribution in [3.63, 3.8) is 0 Å². The lowest BCUT2D eigenvalue weighted by molar-refractivity contribution is 0.221. The molecule has 0 amide bonds. The molecule has 3 heterocycles. The van der Waals surface area contributed by atoms with E-state index in [-0.39, 0.29) is 10.4 Å². The van der Waals surface area contributed by atoms with Gasteiger partial charge in [0.05, 0.1) is 7.11 Å². The molecular formula is C22H25N6O3S-. The number of hydrazone groups is 1. The van der Waals surface area contributed by atoms with Gasteiger partial charge in [-0.3, -0.25) is 8.78 Å². The predicted octanol–water partition coefficient (Wildman–Crippen LogP) is 3.87. The fraction of sp³-hybridized carbons (Fsp3) is 0.409. The van der Waals surface area contributed by atoms with E-state index >= 15 is 0 Å². The van der Waals surface area contributed by atoms with Crippen LogP contribution < -0.4 is 10.3 Å². The predicted molar refractivity (Wildman–Crippen MR) is 123 cm³/mol. The first-order valence-corrected chi connectivity index (χ1v) is 11.9. The molecule has 1 fully saturated rings. The molecule has 0 saturated heterocycles. The minimum absolute atomic E-state index is 0.234. The van der Waals surface area contributed by atoms with E-state index in [1.165, 1.54) is 6.42 Å². The van der Waals surface area contributed by atoms with Crippen molar-refractivity contribution >= 4 is 45.5 Å². The second-order valence-corrected chi connectivity index (χ2v) is 9.05. The molecule has 1 N–H and O–H groups in total. The molecule has 1 unspecified atom stereocenters. The standard InChI is InChI=1S/C22H26N6O3S/c1-3-27-18-13-15-14-23-21(24-16-7-9-17(10-8-16)32(29)30)25-19(15)28(18)22(20(26-27)31-2)11-5-4-6-12-22/h7-10,13-14H,3-6,11-12H2,1-2H3,(H,29,30)(H,23,24,25)/p-1. The Bertz CT molecular complexity index is 1200. The van der Waals surface area contributed by atoms with Crippen molar-refractivity contribution < 1.29 is 13.5 Å². The van der Waals surface area contributed by atoms with Crippen LogP contribution in [0.5, 0.6) is 0 Å². The summed E-state index contributed by atoms with van der Waals surface area (Å²) in [6.45, 7) is 2.78. The molecule has 168 valence electrons. The van der Waals surface area contributed by atoms with Crippen LogP contribution in [0.2, 0.25) is 0 Å². The molecular weight excluding hydrogens is 428 g/mol. The van der Waals surface area contributed by atoms with Gasteiger partial charge in [0.2, 0.25) is 11.8 Å². The maximum absolute atomic E-state index is 11.1. The second-order valence-electron chi connectivity index (χ2n) is 8.11. The molecule has 10 heteroatoms. The number of nitrogens with one attached hydrogen (secondary N) is 1. The number of rotatable bonds is 4. The fourth-order valence-electron chi connectivity index (χ4n) is 4.81. The van der Waals surface area contributed by atoms with Crippen LogP contribution in [-0.2, 0) is 21.4 Å². The van der Waals surface area contributed by atoms with Gasteiger partial charge in [-0.1, -0.05) is 19.3 Å². The van der Waals surface area contributed by atoms with E-state index in [4.69, 9.17) is 14.8 Å². The Morgan fingerprint density at radius 2 is 1.97 bits per heavy atom. The van der Waals surface area contributed by atoms with Crippen molar-refractivity contribution in [2.24, 2.45) is 5.10 Å². The summed E-state index contributed by atoms with van der Waals surface area (Å²) >= 11 is -2.25. The van der Waals surface area contributed by atoms with Gasteiger partial charge in [-0.2, -0.15) is 4.98 Å². The highest BCUT2D eigenvalue weighted by atomic mass is 32.2. The molecule has 3 aromatic rings. The molecule has 2 aliphatic rings. The van der Waals surface area contributed by atoms with Gasteiger partial charge in [0, 0.05) is 28.7 Å². The molecule has 1 aliphatic heterocycles. The van der Waals surface area contributed by atoms with Gasteiger partial charge in [0.15, 0.2) is 0 Å². The average molecular weight is 454 g/mol. The lowest BCUT2D eigenvalue weighted by Gasteiger charge is -2.43. The molecule has 32 heavy (non-hydrogen) atoms. The van der Waals surface area contributed by atoms with E-state index in [0.717, 1.165) is 48.4 Å². The largest absolute Gasteiger partial charge is 0.768 e. The highest BCUT2D eigenvalue weighted by Crippen LogP contribution is 2.45. The first-order valence-electron chi connectivity index (χ1n) is 10.8. The molecule has 1 saturated carbocycles. The van der Waals surface area contributed by atoms with Crippen LogP contribution in [0.25, 0.3) is 11.0 Å². The van der Waals surface area contributed by atoms with Crippen molar-refractivity contribution in [1.82, 2.24) is 14.5 Å². The molecule has 0 bridgehead atoms. The van der Waals surface area contributed by atoms with Crippen LogP contribution in [0, 0.1) is 0 Å². The summed E-state index contributed by atoms with van der Waals surface area (Å²) in [6, 6.07) is 8.57. The van der Waals surface area contributed by atoms with Crippen molar-refractivity contribution in [3.8, 4) is 0 Å². The highest BCUT2D eigenvalue weighted by molar-refractivity contribution is 7.79. The minimum Gasteiger partial charge on any atom is -0.768 e. The molecule has 9 nitrogen and oxygen atoms in total. The lowest BCUT2D eigenvalue weighted by Crippen LogP contribution is -2.49. The third kappa shape index (κ3) is 3.34. The third-order valence-electron chi connectivity index (χ3n) is 6.30. The minimum atomic E-state index is -2.25. The Kier molecular flexibility index (Phi) is 5.34. The van der Waals surface area contributed by atoms with Crippen LogP contribution in [0.4, 0.5) is 17.5 Å². The Morgan fingerprint density at radius 3 is 2.62 bits per heavy atom. The third-order valence-corrected chi connectivity index (χ3v) is 6.96. The molecule has 2 aromatic heterocycles. The maximum Gasteiger partial charge on any atom is 0.232 e. The smallest absolute Gasteiger partial charge is 0.232 e. The van der Waals surface area contributed by atoms with Gasteiger partial charge in [0.25, 0.3) is 0 Å². The Hall–Kier alpha value is -2.98. The van der Waals surface area contributed by atoms with Crippen molar-refractivity contribution in [3.05, 3.63) is 36.5 Å². The number of anilines is 3. The molecule has 1 aliphatic carbocycles.